The lowest BCUT2D eigenvalue weighted by Gasteiger charge is -2.07. The highest BCUT2D eigenvalue weighted by Crippen LogP contribution is 2.20. The number of aromatic nitrogens is 1. The van der Waals surface area contributed by atoms with Crippen LogP contribution in [0.2, 0.25) is 5.02 Å². The number of halogens is 2. The number of benzene rings is 1. The average Bonchev–Trinajstić information content (AvgIpc) is 2.47. The van der Waals surface area contributed by atoms with Gasteiger partial charge in [-0.05, 0) is 40.2 Å². The number of esters is 1. The molecule has 1 heterocycles. The van der Waals surface area contributed by atoms with E-state index in [1.54, 1.807) is 18.2 Å². The van der Waals surface area contributed by atoms with Crippen molar-refractivity contribution in [2.75, 3.05) is 11.9 Å². The third-order valence-electron chi connectivity index (χ3n) is 2.41. The Morgan fingerprint density at radius 1 is 1.29 bits per heavy atom. The van der Waals surface area contributed by atoms with Crippen molar-refractivity contribution in [3.8, 4) is 0 Å². The van der Waals surface area contributed by atoms with Crippen LogP contribution in [-0.4, -0.2) is 23.5 Å². The zero-order valence-electron chi connectivity index (χ0n) is 10.7. The van der Waals surface area contributed by atoms with E-state index in [4.69, 9.17) is 16.3 Å². The predicted molar refractivity (Wildman–Crippen MR) is 82.3 cm³/mol. The van der Waals surface area contributed by atoms with Crippen molar-refractivity contribution in [1.82, 2.24) is 4.98 Å². The molecule has 108 valence electrons. The molecule has 0 bridgehead atoms. The summed E-state index contributed by atoms with van der Waals surface area (Å²) >= 11 is 9.05. The molecular weight excluding hydrogens is 360 g/mol. The molecule has 0 radical (unpaired) electrons. The van der Waals surface area contributed by atoms with Gasteiger partial charge < -0.3 is 10.1 Å². The Bertz CT molecular complexity index is 679. The van der Waals surface area contributed by atoms with E-state index in [9.17, 15) is 9.59 Å². The molecule has 0 atom stereocenters. The molecule has 1 aromatic carbocycles. The van der Waals surface area contributed by atoms with Gasteiger partial charge in [0.05, 0.1) is 5.69 Å². The van der Waals surface area contributed by atoms with Crippen LogP contribution in [-0.2, 0) is 9.53 Å². The Balaban J connectivity index is 1.90. The maximum Gasteiger partial charge on any atom is 0.357 e. The normalized spacial score (nSPS) is 10.0. The number of para-hydroxylation sites is 1. The molecule has 1 amide bonds. The maximum atomic E-state index is 11.7. The maximum absolute atomic E-state index is 11.7. The molecule has 2 rings (SSSR count). The van der Waals surface area contributed by atoms with E-state index < -0.39 is 18.5 Å². The van der Waals surface area contributed by atoms with Gasteiger partial charge in [-0.2, -0.15) is 0 Å². The minimum Gasteiger partial charge on any atom is -0.451 e. The monoisotopic (exact) mass is 368 g/mol. The smallest absolute Gasteiger partial charge is 0.357 e. The van der Waals surface area contributed by atoms with E-state index in [0.29, 0.717) is 10.7 Å². The Hall–Kier alpha value is -1.92. The van der Waals surface area contributed by atoms with Gasteiger partial charge >= 0.3 is 5.97 Å². The minimum absolute atomic E-state index is 0.0520. The summed E-state index contributed by atoms with van der Waals surface area (Å²) in [5.74, 6) is -1.16. The van der Waals surface area contributed by atoms with Gasteiger partial charge in [0, 0.05) is 15.7 Å². The van der Waals surface area contributed by atoms with Gasteiger partial charge in [0.25, 0.3) is 5.91 Å². The first-order valence-electron chi connectivity index (χ1n) is 5.89. The van der Waals surface area contributed by atoms with Gasteiger partial charge in [-0.15, -0.1) is 0 Å². The number of hydrogen-bond donors (Lipinski definition) is 1. The first kappa shape index (κ1) is 15.5. The molecule has 2 aromatic rings. The van der Waals surface area contributed by atoms with Gasteiger partial charge in [0.2, 0.25) is 0 Å². The molecule has 0 fully saturated rings. The number of carbonyl (C=O) groups is 2. The van der Waals surface area contributed by atoms with E-state index in [-0.39, 0.29) is 5.69 Å². The third kappa shape index (κ3) is 4.54. The molecule has 7 heteroatoms. The topological polar surface area (TPSA) is 68.3 Å². The van der Waals surface area contributed by atoms with E-state index in [2.05, 4.69) is 26.2 Å². The summed E-state index contributed by atoms with van der Waals surface area (Å²) in [5, 5.41) is 2.99. The number of ether oxygens (including phenoxy) is 1. The van der Waals surface area contributed by atoms with Crippen LogP contribution in [0.5, 0.6) is 0 Å². The first-order chi connectivity index (χ1) is 10.1. The van der Waals surface area contributed by atoms with Crippen molar-refractivity contribution in [2.45, 2.75) is 0 Å². The summed E-state index contributed by atoms with van der Waals surface area (Å²) in [6.45, 7) is -0.408. The number of carbonyl (C=O) groups excluding carboxylic acids is 2. The highest BCUT2D eigenvalue weighted by Gasteiger charge is 2.12. The molecule has 21 heavy (non-hydrogen) atoms. The third-order valence-corrected chi connectivity index (χ3v) is 3.34. The van der Waals surface area contributed by atoms with Crippen molar-refractivity contribution in [2.24, 2.45) is 0 Å². The van der Waals surface area contributed by atoms with E-state index in [0.717, 1.165) is 4.47 Å². The van der Waals surface area contributed by atoms with Gasteiger partial charge in [0.15, 0.2) is 6.61 Å². The number of rotatable bonds is 4. The molecule has 0 aliphatic heterocycles. The van der Waals surface area contributed by atoms with Crippen molar-refractivity contribution in [3.05, 3.63) is 57.8 Å². The number of anilines is 1. The van der Waals surface area contributed by atoms with E-state index in [1.165, 1.54) is 18.3 Å². The molecule has 5 nitrogen and oxygen atoms in total. The zero-order chi connectivity index (χ0) is 15.2. The van der Waals surface area contributed by atoms with Crippen LogP contribution in [0.25, 0.3) is 0 Å². The predicted octanol–water partition coefficient (Wildman–Crippen LogP) is 3.29. The highest BCUT2D eigenvalue weighted by molar-refractivity contribution is 9.10. The quantitative estimate of drug-likeness (QED) is 0.840. The summed E-state index contributed by atoms with van der Waals surface area (Å²) in [6, 6.07) is 10.0. The van der Waals surface area contributed by atoms with Gasteiger partial charge in [-0.25, -0.2) is 9.78 Å². The van der Waals surface area contributed by atoms with Crippen LogP contribution in [0.1, 0.15) is 10.5 Å². The van der Waals surface area contributed by atoms with Crippen molar-refractivity contribution in [1.29, 1.82) is 0 Å². The molecule has 0 aliphatic carbocycles. The number of nitrogens with one attached hydrogen (secondary N) is 1. The minimum atomic E-state index is -0.709. The van der Waals surface area contributed by atoms with Crippen molar-refractivity contribution in [3.63, 3.8) is 0 Å². The molecule has 0 spiro atoms. The lowest BCUT2D eigenvalue weighted by Crippen LogP contribution is -2.21. The van der Waals surface area contributed by atoms with Gasteiger partial charge in [-0.1, -0.05) is 23.7 Å². The van der Waals surface area contributed by atoms with Crippen molar-refractivity contribution >= 4 is 45.1 Å². The Kier molecular flexibility index (Phi) is 5.30. The second kappa shape index (κ2) is 7.19. The van der Waals surface area contributed by atoms with Crippen molar-refractivity contribution < 1.29 is 14.3 Å². The number of pyridine rings is 1. The summed E-state index contributed by atoms with van der Waals surface area (Å²) in [5.41, 5.74) is 0.649. The fraction of sp³-hybridized carbons (Fsp3) is 0.0714. The molecule has 1 N–H and O–H groups in total. The Morgan fingerprint density at radius 2 is 2.05 bits per heavy atom. The van der Waals surface area contributed by atoms with Crippen LogP contribution >= 0.6 is 27.5 Å². The molecular formula is C14H10BrClN2O3. The first-order valence-corrected chi connectivity index (χ1v) is 7.06. The van der Waals surface area contributed by atoms with E-state index in [1.807, 2.05) is 6.07 Å². The van der Waals surface area contributed by atoms with Crippen LogP contribution in [0.15, 0.2) is 47.1 Å². The average molecular weight is 370 g/mol. The lowest BCUT2D eigenvalue weighted by atomic mass is 10.3. The Labute approximate surface area is 134 Å². The van der Waals surface area contributed by atoms with Crippen LogP contribution in [0.4, 0.5) is 5.69 Å². The number of amides is 1. The molecule has 1 aromatic heterocycles. The lowest BCUT2D eigenvalue weighted by molar-refractivity contribution is -0.119. The standard InChI is InChI=1S/C14H10BrClN2O3/c15-10-3-1-2-4-11(10)18-13(19)8-21-14(20)12-7-9(16)5-6-17-12/h1-7H,8H2,(H,18,19). The SMILES string of the molecule is O=C(COC(=O)c1cc(Cl)ccn1)Nc1ccccc1Br. The fourth-order valence-electron chi connectivity index (χ4n) is 1.47. The van der Waals surface area contributed by atoms with Crippen LogP contribution in [0.3, 0.4) is 0 Å². The molecule has 0 saturated carbocycles. The highest BCUT2D eigenvalue weighted by atomic mass is 79.9. The molecule has 0 saturated heterocycles. The van der Waals surface area contributed by atoms with E-state index >= 15 is 0 Å². The molecule has 0 unspecified atom stereocenters. The summed E-state index contributed by atoms with van der Waals surface area (Å²) < 4.78 is 5.61. The summed E-state index contributed by atoms with van der Waals surface area (Å²) in [4.78, 5) is 27.2. The fourth-order valence-corrected chi connectivity index (χ4v) is 2.01. The van der Waals surface area contributed by atoms with Gasteiger partial charge in [0.1, 0.15) is 5.69 Å². The summed E-state index contributed by atoms with van der Waals surface area (Å²) in [7, 11) is 0. The molecule has 0 aliphatic rings. The van der Waals surface area contributed by atoms with Crippen LogP contribution in [0, 0.1) is 0 Å². The largest absolute Gasteiger partial charge is 0.451 e. The second-order valence-corrected chi connectivity index (χ2v) is 5.25. The number of nitrogens with zero attached hydrogens (tertiary/aromatic N) is 1. The van der Waals surface area contributed by atoms with Gasteiger partial charge in [-0.3, -0.25) is 4.79 Å². The second-order valence-electron chi connectivity index (χ2n) is 3.96. The zero-order valence-corrected chi connectivity index (χ0v) is 13.0. The van der Waals surface area contributed by atoms with Crippen LogP contribution < -0.4 is 5.32 Å². The number of hydrogen-bond acceptors (Lipinski definition) is 4. The Morgan fingerprint density at radius 3 is 2.76 bits per heavy atom. The summed E-state index contributed by atoms with van der Waals surface area (Å²) in [6.07, 6.45) is 1.39.